The fraction of sp³-hybridized carbons (Fsp3) is 0.158. The number of carbonyl (C=O) groups is 2. The van der Waals surface area contributed by atoms with E-state index in [0.29, 0.717) is 11.3 Å². The molecule has 0 fully saturated rings. The van der Waals surface area contributed by atoms with Crippen LogP contribution in [-0.4, -0.2) is 34.1 Å². The standard InChI is InChI=1S/C19H15F3N4O4/c1-29-26(17(28)16(27)23-14-5-3-2-4-6-14)11-12-7-9-13(10-8-12)15-24-18(30-25-15)19(20,21)22/h2-10H,11H2,1H3,(H,23,27). The Kier molecular flexibility index (Phi) is 6.11. The van der Waals surface area contributed by atoms with Crippen LogP contribution in [0.2, 0.25) is 0 Å². The molecule has 0 aliphatic rings. The summed E-state index contributed by atoms with van der Waals surface area (Å²) in [6.07, 6.45) is -4.73. The smallest absolute Gasteiger partial charge is 0.329 e. The van der Waals surface area contributed by atoms with E-state index in [4.69, 9.17) is 4.84 Å². The normalized spacial score (nSPS) is 11.2. The fourth-order valence-electron chi connectivity index (χ4n) is 2.42. The minimum absolute atomic E-state index is 0.0716. The summed E-state index contributed by atoms with van der Waals surface area (Å²) >= 11 is 0. The number of para-hydroxylation sites is 1. The Labute approximate surface area is 168 Å². The lowest BCUT2D eigenvalue weighted by Gasteiger charge is -2.19. The second kappa shape index (κ2) is 8.74. The zero-order valence-electron chi connectivity index (χ0n) is 15.5. The highest BCUT2D eigenvalue weighted by atomic mass is 19.4. The number of nitrogens with zero attached hydrogens (tertiary/aromatic N) is 3. The van der Waals surface area contributed by atoms with E-state index in [1.54, 1.807) is 30.3 Å². The molecule has 0 saturated heterocycles. The van der Waals surface area contributed by atoms with Crippen LogP contribution < -0.4 is 5.32 Å². The largest absolute Gasteiger partial charge is 0.471 e. The van der Waals surface area contributed by atoms with E-state index in [0.717, 1.165) is 5.06 Å². The third-order valence-electron chi connectivity index (χ3n) is 3.88. The SMILES string of the molecule is CON(Cc1ccc(-c2noc(C(F)(F)F)n2)cc1)C(=O)C(=O)Nc1ccccc1. The van der Waals surface area contributed by atoms with Crippen LogP contribution in [0.1, 0.15) is 11.5 Å². The summed E-state index contributed by atoms with van der Waals surface area (Å²) in [5.74, 6) is -3.47. The van der Waals surface area contributed by atoms with Gasteiger partial charge in [0.1, 0.15) is 0 Å². The zero-order chi connectivity index (χ0) is 21.7. The number of alkyl halides is 3. The van der Waals surface area contributed by atoms with E-state index >= 15 is 0 Å². The highest BCUT2D eigenvalue weighted by Gasteiger charge is 2.38. The van der Waals surface area contributed by atoms with Gasteiger partial charge in [-0.3, -0.25) is 14.4 Å². The van der Waals surface area contributed by atoms with Gasteiger partial charge in [0, 0.05) is 11.3 Å². The Hall–Kier alpha value is -3.73. The lowest BCUT2D eigenvalue weighted by molar-refractivity contribution is -0.181. The summed E-state index contributed by atoms with van der Waals surface area (Å²) in [4.78, 5) is 32.7. The molecule has 2 amide bonds. The second-order valence-corrected chi connectivity index (χ2v) is 5.96. The Morgan fingerprint density at radius 2 is 1.77 bits per heavy atom. The van der Waals surface area contributed by atoms with Crippen LogP contribution in [-0.2, 0) is 27.1 Å². The molecule has 0 radical (unpaired) electrons. The molecule has 1 aromatic heterocycles. The maximum atomic E-state index is 12.6. The number of rotatable bonds is 5. The number of nitrogens with one attached hydrogen (secondary N) is 1. The van der Waals surface area contributed by atoms with E-state index in [2.05, 4.69) is 20.0 Å². The number of hydrogen-bond acceptors (Lipinski definition) is 6. The van der Waals surface area contributed by atoms with Gasteiger partial charge in [0.2, 0.25) is 5.82 Å². The number of anilines is 1. The first-order valence-corrected chi connectivity index (χ1v) is 8.50. The summed E-state index contributed by atoms with van der Waals surface area (Å²) < 4.78 is 41.9. The van der Waals surface area contributed by atoms with Gasteiger partial charge in [-0.25, -0.2) is 5.06 Å². The van der Waals surface area contributed by atoms with Crippen molar-refractivity contribution >= 4 is 17.5 Å². The first-order valence-electron chi connectivity index (χ1n) is 8.50. The van der Waals surface area contributed by atoms with Crippen molar-refractivity contribution in [2.45, 2.75) is 12.7 Å². The van der Waals surface area contributed by atoms with Gasteiger partial charge in [-0.2, -0.15) is 18.2 Å². The molecule has 0 bridgehead atoms. The van der Waals surface area contributed by atoms with Crippen LogP contribution in [0.15, 0.2) is 59.1 Å². The number of benzene rings is 2. The Balaban J connectivity index is 1.66. The quantitative estimate of drug-likeness (QED) is 0.503. The Bertz CT molecular complexity index is 1020. The first-order chi connectivity index (χ1) is 14.3. The monoisotopic (exact) mass is 420 g/mol. The van der Waals surface area contributed by atoms with Gasteiger partial charge < -0.3 is 9.84 Å². The molecule has 1 N–H and O–H groups in total. The van der Waals surface area contributed by atoms with E-state index in [-0.39, 0.29) is 17.9 Å². The highest BCUT2D eigenvalue weighted by Crippen LogP contribution is 2.29. The van der Waals surface area contributed by atoms with Crippen LogP contribution in [0.5, 0.6) is 0 Å². The van der Waals surface area contributed by atoms with Crippen molar-refractivity contribution in [1.29, 1.82) is 0 Å². The van der Waals surface area contributed by atoms with Gasteiger partial charge in [-0.15, -0.1) is 0 Å². The average molecular weight is 420 g/mol. The molecule has 11 heteroatoms. The predicted molar refractivity (Wildman–Crippen MR) is 97.4 cm³/mol. The molecule has 0 unspecified atom stereocenters. The molecular weight excluding hydrogens is 405 g/mol. The van der Waals surface area contributed by atoms with Crippen molar-refractivity contribution in [3.05, 3.63) is 66.1 Å². The lowest BCUT2D eigenvalue weighted by atomic mass is 10.1. The second-order valence-electron chi connectivity index (χ2n) is 5.96. The molecule has 0 spiro atoms. The van der Waals surface area contributed by atoms with E-state index < -0.39 is 23.9 Å². The number of halogens is 3. The molecule has 2 aromatic carbocycles. The number of hydrogen-bond donors (Lipinski definition) is 1. The fourth-order valence-corrected chi connectivity index (χ4v) is 2.42. The van der Waals surface area contributed by atoms with Crippen molar-refractivity contribution in [1.82, 2.24) is 15.2 Å². The van der Waals surface area contributed by atoms with E-state index in [1.165, 1.54) is 31.4 Å². The topological polar surface area (TPSA) is 97.6 Å². The third kappa shape index (κ3) is 5.00. The van der Waals surface area contributed by atoms with Gasteiger partial charge in [-0.05, 0) is 17.7 Å². The molecule has 8 nitrogen and oxygen atoms in total. The highest BCUT2D eigenvalue weighted by molar-refractivity contribution is 6.39. The van der Waals surface area contributed by atoms with Crippen LogP contribution in [0, 0.1) is 0 Å². The summed E-state index contributed by atoms with van der Waals surface area (Å²) in [7, 11) is 1.24. The molecule has 0 saturated carbocycles. The van der Waals surface area contributed by atoms with Gasteiger partial charge >= 0.3 is 23.9 Å². The summed E-state index contributed by atoms with van der Waals surface area (Å²) in [6, 6.07) is 14.4. The summed E-state index contributed by atoms with van der Waals surface area (Å²) in [5.41, 5.74) is 1.30. The molecule has 3 aromatic rings. The molecular formula is C19H15F3N4O4. The molecule has 1 heterocycles. The zero-order valence-corrected chi connectivity index (χ0v) is 15.5. The predicted octanol–water partition coefficient (Wildman–Crippen LogP) is 3.28. The minimum atomic E-state index is -4.73. The van der Waals surface area contributed by atoms with Crippen molar-refractivity contribution in [2.24, 2.45) is 0 Å². The van der Waals surface area contributed by atoms with Crippen molar-refractivity contribution in [3.8, 4) is 11.4 Å². The maximum absolute atomic E-state index is 12.6. The van der Waals surface area contributed by atoms with Crippen LogP contribution in [0.3, 0.4) is 0 Å². The van der Waals surface area contributed by atoms with Gasteiger partial charge in [-0.1, -0.05) is 47.6 Å². The van der Waals surface area contributed by atoms with Gasteiger partial charge in [0.15, 0.2) is 0 Å². The van der Waals surface area contributed by atoms with Crippen molar-refractivity contribution in [3.63, 3.8) is 0 Å². The van der Waals surface area contributed by atoms with Crippen LogP contribution in [0.25, 0.3) is 11.4 Å². The van der Waals surface area contributed by atoms with Gasteiger partial charge in [0.25, 0.3) is 0 Å². The lowest BCUT2D eigenvalue weighted by Crippen LogP contribution is -2.38. The number of aromatic nitrogens is 2. The minimum Gasteiger partial charge on any atom is -0.329 e. The number of carbonyl (C=O) groups excluding carboxylic acids is 2. The molecule has 30 heavy (non-hydrogen) atoms. The van der Waals surface area contributed by atoms with Crippen LogP contribution in [0.4, 0.5) is 18.9 Å². The Morgan fingerprint density at radius 3 is 2.33 bits per heavy atom. The molecule has 0 aliphatic carbocycles. The molecule has 156 valence electrons. The van der Waals surface area contributed by atoms with Crippen molar-refractivity contribution < 1.29 is 32.1 Å². The number of amides is 2. The van der Waals surface area contributed by atoms with E-state index in [9.17, 15) is 22.8 Å². The van der Waals surface area contributed by atoms with Gasteiger partial charge in [0.05, 0.1) is 13.7 Å². The third-order valence-corrected chi connectivity index (χ3v) is 3.88. The molecule has 0 aliphatic heterocycles. The Morgan fingerprint density at radius 1 is 1.10 bits per heavy atom. The van der Waals surface area contributed by atoms with Crippen LogP contribution >= 0.6 is 0 Å². The number of hydroxylamine groups is 2. The first kappa shape index (κ1) is 21.0. The van der Waals surface area contributed by atoms with E-state index in [1.807, 2.05) is 0 Å². The van der Waals surface area contributed by atoms with Crippen molar-refractivity contribution in [2.75, 3.05) is 12.4 Å². The summed E-state index contributed by atoms with van der Waals surface area (Å²) in [6.45, 7) is -0.0716. The molecule has 3 rings (SSSR count). The average Bonchev–Trinajstić information content (AvgIpc) is 3.23. The molecule has 0 atom stereocenters. The summed E-state index contributed by atoms with van der Waals surface area (Å²) in [5, 5.41) is 6.61. The maximum Gasteiger partial charge on any atom is 0.471 e.